The zero-order valence-electron chi connectivity index (χ0n) is 14.2. The number of benzene rings is 2. The van der Waals surface area contributed by atoms with E-state index in [0.29, 0.717) is 24.3 Å². The first-order valence-corrected chi connectivity index (χ1v) is 8.63. The smallest absolute Gasteiger partial charge is 0.310 e. The summed E-state index contributed by atoms with van der Waals surface area (Å²) in [6, 6.07) is 7.66. The highest BCUT2D eigenvalue weighted by atomic mass is 16.5. The average molecular weight is 326 g/mol. The summed E-state index contributed by atoms with van der Waals surface area (Å²) < 4.78 is 11.4. The van der Waals surface area contributed by atoms with Crippen LogP contribution in [0.5, 0.6) is 11.5 Å². The van der Waals surface area contributed by atoms with E-state index in [1.165, 1.54) is 0 Å². The van der Waals surface area contributed by atoms with Gasteiger partial charge in [0, 0.05) is 34.7 Å². The van der Waals surface area contributed by atoms with E-state index < -0.39 is 0 Å². The standard InChI is InChI=1S/C20H22O4/c1-3-17(21)23-19-13-9-5-7-11-15(13)20(24-18(22)4-2)16-12-8-6-10-14(16)19/h5,7,9,11H,3-4,6,8,10,12H2,1-2H3. The molecule has 3 rings (SSSR count). The molecule has 0 aliphatic heterocycles. The Morgan fingerprint density at radius 2 is 1.25 bits per heavy atom. The number of hydrogen-bond acceptors (Lipinski definition) is 4. The summed E-state index contributed by atoms with van der Waals surface area (Å²) >= 11 is 0. The predicted octanol–water partition coefficient (Wildman–Crippen LogP) is 4.35. The maximum atomic E-state index is 11.9. The summed E-state index contributed by atoms with van der Waals surface area (Å²) in [6.45, 7) is 3.57. The van der Waals surface area contributed by atoms with Gasteiger partial charge in [0.05, 0.1) is 0 Å². The van der Waals surface area contributed by atoms with Crippen molar-refractivity contribution < 1.29 is 19.1 Å². The van der Waals surface area contributed by atoms with Gasteiger partial charge in [-0.3, -0.25) is 9.59 Å². The summed E-state index contributed by atoms with van der Waals surface area (Å²) in [5.74, 6) is 0.796. The van der Waals surface area contributed by atoms with Gasteiger partial charge < -0.3 is 9.47 Å². The Balaban J connectivity index is 2.26. The quantitative estimate of drug-likeness (QED) is 0.619. The second-order valence-corrected chi connectivity index (χ2v) is 6.02. The Morgan fingerprint density at radius 3 is 1.62 bits per heavy atom. The minimum absolute atomic E-state index is 0.244. The molecule has 0 saturated heterocycles. The SMILES string of the molecule is CCC(=O)Oc1c2c(c(OC(=O)CC)c3ccccc13)CCCC2. The first-order chi connectivity index (χ1) is 11.7. The zero-order chi connectivity index (χ0) is 17.1. The van der Waals surface area contributed by atoms with Gasteiger partial charge in [0.15, 0.2) is 0 Å². The molecule has 126 valence electrons. The van der Waals surface area contributed by atoms with Gasteiger partial charge in [0.25, 0.3) is 0 Å². The van der Waals surface area contributed by atoms with Crippen LogP contribution < -0.4 is 9.47 Å². The van der Waals surface area contributed by atoms with Crippen LogP contribution in [-0.4, -0.2) is 11.9 Å². The van der Waals surface area contributed by atoms with Crippen LogP contribution in [0.1, 0.15) is 50.7 Å². The van der Waals surface area contributed by atoms with Gasteiger partial charge in [0.1, 0.15) is 11.5 Å². The van der Waals surface area contributed by atoms with Crippen LogP contribution >= 0.6 is 0 Å². The van der Waals surface area contributed by atoms with Crippen LogP contribution in [0.4, 0.5) is 0 Å². The largest absolute Gasteiger partial charge is 0.426 e. The average Bonchev–Trinajstić information content (AvgIpc) is 2.63. The molecule has 0 amide bonds. The number of fused-ring (bicyclic) bond motifs is 2. The Kier molecular flexibility index (Phi) is 4.84. The molecule has 2 aromatic carbocycles. The number of carbonyl (C=O) groups is 2. The highest BCUT2D eigenvalue weighted by Crippen LogP contribution is 2.44. The fourth-order valence-electron chi connectivity index (χ4n) is 3.22. The van der Waals surface area contributed by atoms with E-state index in [2.05, 4.69) is 0 Å². The van der Waals surface area contributed by atoms with Crippen LogP contribution in [0.2, 0.25) is 0 Å². The van der Waals surface area contributed by atoms with E-state index in [1.54, 1.807) is 13.8 Å². The third-order valence-corrected chi connectivity index (χ3v) is 4.44. The molecule has 4 heteroatoms. The third-order valence-electron chi connectivity index (χ3n) is 4.44. The van der Waals surface area contributed by atoms with Crippen molar-refractivity contribution in [2.45, 2.75) is 52.4 Å². The van der Waals surface area contributed by atoms with Gasteiger partial charge >= 0.3 is 11.9 Å². The summed E-state index contributed by atoms with van der Waals surface area (Å²) in [5, 5.41) is 1.66. The highest BCUT2D eigenvalue weighted by molar-refractivity contribution is 5.98. The molecular formula is C20H22O4. The molecule has 1 aliphatic rings. The highest BCUT2D eigenvalue weighted by Gasteiger charge is 2.25. The second kappa shape index (κ2) is 7.04. The molecule has 0 spiro atoms. The molecule has 0 fully saturated rings. The van der Waals surface area contributed by atoms with Crippen LogP contribution in [0.25, 0.3) is 10.8 Å². The molecule has 0 saturated carbocycles. The lowest BCUT2D eigenvalue weighted by Crippen LogP contribution is -2.15. The monoisotopic (exact) mass is 326 g/mol. The Hall–Kier alpha value is -2.36. The topological polar surface area (TPSA) is 52.6 Å². The van der Waals surface area contributed by atoms with Crippen LogP contribution in [0.3, 0.4) is 0 Å². The third kappa shape index (κ3) is 3.01. The maximum absolute atomic E-state index is 11.9. The summed E-state index contributed by atoms with van der Waals surface area (Å²) in [5.41, 5.74) is 2.03. The van der Waals surface area contributed by atoms with Crippen molar-refractivity contribution in [3.8, 4) is 11.5 Å². The van der Waals surface area contributed by atoms with E-state index in [4.69, 9.17) is 9.47 Å². The molecule has 0 unspecified atom stereocenters. The molecule has 2 aromatic rings. The number of esters is 2. The predicted molar refractivity (Wildman–Crippen MR) is 92.4 cm³/mol. The van der Waals surface area contributed by atoms with Crippen molar-refractivity contribution in [2.75, 3.05) is 0 Å². The van der Waals surface area contributed by atoms with Crippen molar-refractivity contribution in [2.24, 2.45) is 0 Å². The van der Waals surface area contributed by atoms with E-state index in [0.717, 1.165) is 47.6 Å². The van der Waals surface area contributed by atoms with Gasteiger partial charge in [-0.1, -0.05) is 38.1 Å². The number of carbonyl (C=O) groups excluding carboxylic acids is 2. The molecule has 0 aromatic heterocycles. The zero-order valence-corrected chi connectivity index (χ0v) is 14.2. The Morgan fingerprint density at radius 1 is 0.833 bits per heavy atom. The minimum atomic E-state index is -0.244. The minimum Gasteiger partial charge on any atom is -0.426 e. The van der Waals surface area contributed by atoms with E-state index >= 15 is 0 Å². The van der Waals surface area contributed by atoms with Crippen molar-refractivity contribution in [1.29, 1.82) is 0 Å². The normalized spacial score (nSPS) is 13.4. The van der Waals surface area contributed by atoms with Gasteiger partial charge in [0.2, 0.25) is 0 Å². The molecule has 4 nitrogen and oxygen atoms in total. The maximum Gasteiger partial charge on any atom is 0.310 e. The molecule has 0 bridgehead atoms. The molecular weight excluding hydrogens is 304 g/mol. The number of ether oxygens (including phenoxy) is 2. The first kappa shape index (κ1) is 16.5. The van der Waals surface area contributed by atoms with Gasteiger partial charge in [-0.25, -0.2) is 0 Å². The van der Waals surface area contributed by atoms with Crippen molar-refractivity contribution in [1.82, 2.24) is 0 Å². The summed E-state index contributed by atoms with van der Waals surface area (Å²) in [7, 11) is 0. The fourth-order valence-corrected chi connectivity index (χ4v) is 3.22. The number of hydrogen-bond donors (Lipinski definition) is 0. The lowest BCUT2D eigenvalue weighted by atomic mass is 9.87. The molecule has 24 heavy (non-hydrogen) atoms. The Labute approximate surface area is 141 Å². The fraction of sp³-hybridized carbons (Fsp3) is 0.400. The van der Waals surface area contributed by atoms with Crippen LogP contribution in [0, 0.1) is 0 Å². The van der Waals surface area contributed by atoms with Crippen LogP contribution in [-0.2, 0) is 22.4 Å². The van der Waals surface area contributed by atoms with Crippen LogP contribution in [0.15, 0.2) is 24.3 Å². The Bertz CT molecular complexity index is 725. The first-order valence-electron chi connectivity index (χ1n) is 8.63. The molecule has 0 atom stereocenters. The second-order valence-electron chi connectivity index (χ2n) is 6.02. The molecule has 0 radical (unpaired) electrons. The van der Waals surface area contributed by atoms with Gasteiger partial charge in [-0.05, 0) is 25.7 Å². The van der Waals surface area contributed by atoms with Crippen molar-refractivity contribution in [3.63, 3.8) is 0 Å². The van der Waals surface area contributed by atoms with E-state index in [-0.39, 0.29) is 11.9 Å². The van der Waals surface area contributed by atoms with Crippen molar-refractivity contribution in [3.05, 3.63) is 35.4 Å². The van der Waals surface area contributed by atoms with E-state index in [9.17, 15) is 9.59 Å². The van der Waals surface area contributed by atoms with Crippen molar-refractivity contribution >= 4 is 22.7 Å². The summed E-state index contributed by atoms with van der Waals surface area (Å²) in [6.07, 6.45) is 4.42. The lowest BCUT2D eigenvalue weighted by molar-refractivity contribution is -0.135. The van der Waals surface area contributed by atoms with E-state index in [1.807, 2.05) is 24.3 Å². The molecule has 1 aliphatic carbocycles. The lowest BCUT2D eigenvalue weighted by Gasteiger charge is -2.24. The number of rotatable bonds is 4. The summed E-state index contributed by atoms with van der Waals surface area (Å²) in [4.78, 5) is 23.8. The molecule has 0 N–H and O–H groups in total. The molecule has 0 heterocycles. The van der Waals surface area contributed by atoms with Gasteiger partial charge in [-0.2, -0.15) is 0 Å². The van der Waals surface area contributed by atoms with Gasteiger partial charge in [-0.15, -0.1) is 0 Å².